The molecule has 70 valence electrons. The van der Waals surface area contributed by atoms with E-state index < -0.39 is 18.4 Å². The molecule has 0 aromatic carbocycles. The summed E-state index contributed by atoms with van der Waals surface area (Å²) < 4.78 is 9.37. The van der Waals surface area contributed by atoms with E-state index >= 15 is 0 Å². The van der Waals surface area contributed by atoms with Crippen LogP contribution in [-0.2, 0) is 14.3 Å². The average Bonchev–Trinajstić information content (AvgIpc) is 2.06. The van der Waals surface area contributed by atoms with E-state index in [-0.39, 0.29) is 0 Å². The van der Waals surface area contributed by atoms with Crippen molar-refractivity contribution in [2.75, 3.05) is 14.2 Å². The maximum atomic E-state index is 10.7. The number of carbonyl (C=O) groups excluding carboxylic acids is 1. The maximum absolute atomic E-state index is 10.7. The van der Waals surface area contributed by atoms with E-state index in [1.165, 1.54) is 14.2 Å². The van der Waals surface area contributed by atoms with Crippen LogP contribution in [0.3, 0.4) is 0 Å². The first-order valence-corrected chi connectivity index (χ1v) is 3.32. The average molecular weight is 175 g/mol. The molecule has 2 N–H and O–H groups in total. The lowest BCUT2D eigenvalue weighted by molar-refractivity contribution is -0.175. The molecule has 0 bridgehead atoms. The Morgan fingerprint density at radius 3 is 2.42 bits per heavy atom. The SMILES string of the molecule is C=CC(=O)NC(O)C(OC)OC. The van der Waals surface area contributed by atoms with Gasteiger partial charge in [-0.1, -0.05) is 6.58 Å². The maximum Gasteiger partial charge on any atom is 0.245 e. The number of hydrogen-bond donors (Lipinski definition) is 2. The Hall–Kier alpha value is -0.910. The lowest BCUT2D eigenvalue weighted by Gasteiger charge is -2.19. The highest BCUT2D eigenvalue weighted by molar-refractivity contribution is 5.86. The second-order valence-corrected chi connectivity index (χ2v) is 2.00. The zero-order valence-corrected chi connectivity index (χ0v) is 7.11. The van der Waals surface area contributed by atoms with E-state index in [2.05, 4.69) is 21.4 Å². The van der Waals surface area contributed by atoms with E-state index in [0.29, 0.717) is 0 Å². The van der Waals surface area contributed by atoms with Crippen molar-refractivity contribution in [3.05, 3.63) is 12.7 Å². The summed E-state index contributed by atoms with van der Waals surface area (Å²) in [6.07, 6.45) is -1.01. The molecule has 5 nitrogen and oxygen atoms in total. The Kier molecular flexibility index (Phi) is 5.27. The van der Waals surface area contributed by atoms with E-state index in [4.69, 9.17) is 0 Å². The van der Waals surface area contributed by atoms with Crippen LogP contribution in [-0.4, -0.2) is 37.8 Å². The zero-order chi connectivity index (χ0) is 9.56. The third-order valence-electron chi connectivity index (χ3n) is 1.20. The normalized spacial score (nSPS) is 12.7. The Balaban J connectivity index is 3.91. The molecule has 0 aliphatic carbocycles. The van der Waals surface area contributed by atoms with Crippen LogP contribution < -0.4 is 5.32 Å². The molecule has 0 fully saturated rings. The van der Waals surface area contributed by atoms with Gasteiger partial charge in [-0.25, -0.2) is 0 Å². The van der Waals surface area contributed by atoms with Crippen molar-refractivity contribution >= 4 is 5.91 Å². The molecule has 1 atom stereocenters. The van der Waals surface area contributed by atoms with Crippen molar-refractivity contribution in [1.82, 2.24) is 5.32 Å². The van der Waals surface area contributed by atoms with Gasteiger partial charge in [0.2, 0.25) is 12.2 Å². The number of hydrogen-bond acceptors (Lipinski definition) is 4. The lowest BCUT2D eigenvalue weighted by Crippen LogP contribution is -2.44. The predicted octanol–water partition coefficient (Wildman–Crippen LogP) is -0.774. The molecule has 0 heterocycles. The summed E-state index contributed by atoms with van der Waals surface area (Å²) in [5.41, 5.74) is 0. The number of carbonyl (C=O) groups is 1. The van der Waals surface area contributed by atoms with Crippen LogP contribution >= 0.6 is 0 Å². The first-order valence-electron chi connectivity index (χ1n) is 3.32. The topological polar surface area (TPSA) is 67.8 Å². The number of methoxy groups -OCH3 is 2. The van der Waals surface area contributed by atoms with Gasteiger partial charge in [-0.3, -0.25) is 4.79 Å². The molecular formula is C7H13NO4. The fourth-order valence-electron chi connectivity index (χ4n) is 0.627. The molecule has 1 amide bonds. The van der Waals surface area contributed by atoms with Gasteiger partial charge >= 0.3 is 0 Å². The molecule has 0 rings (SSSR count). The van der Waals surface area contributed by atoms with Gasteiger partial charge in [-0.15, -0.1) is 0 Å². The van der Waals surface area contributed by atoms with Gasteiger partial charge < -0.3 is 19.9 Å². The molecule has 0 saturated carbocycles. The number of aliphatic hydroxyl groups is 1. The van der Waals surface area contributed by atoms with Gasteiger partial charge in [0.05, 0.1) is 0 Å². The minimum absolute atomic E-state index is 0.485. The van der Waals surface area contributed by atoms with E-state index in [1.54, 1.807) is 0 Å². The summed E-state index contributed by atoms with van der Waals surface area (Å²) in [6.45, 7) is 3.22. The third kappa shape index (κ3) is 3.47. The van der Waals surface area contributed by atoms with Crippen molar-refractivity contribution < 1.29 is 19.4 Å². The lowest BCUT2D eigenvalue weighted by atomic mass is 10.5. The predicted molar refractivity (Wildman–Crippen MR) is 42.2 cm³/mol. The van der Waals surface area contributed by atoms with Crippen molar-refractivity contribution in [3.63, 3.8) is 0 Å². The molecular weight excluding hydrogens is 162 g/mol. The minimum atomic E-state index is -1.19. The van der Waals surface area contributed by atoms with Gasteiger partial charge in [0.25, 0.3) is 0 Å². The van der Waals surface area contributed by atoms with Gasteiger partial charge in [0.1, 0.15) is 0 Å². The molecule has 0 saturated heterocycles. The smallest absolute Gasteiger partial charge is 0.245 e. The molecule has 0 aliphatic rings. The second kappa shape index (κ2) is 5.70. The van der Waals surface area contributed by atoms with E-state index in [1.807, 2.05) is 0 Å². The second-order valence-electron chi connectivity index (χ2n) is 2.00. The molecule has 0 spiro atoms. The van der Waals surface area contributed by atoms with Crippen molar-refractivity contribution in [3.8, 4) is 0 Å². The number of nitrogens with one attached hydrogen (secondary N) is 1. The van der Waals surface area contributed by atoms with Crippen LogP contribution in [0.4, 0.5) is 0 Å². The van der Waals surface area contributed by atoms with Crippen LogP contribution in [0, 0.1) is 0 Å². The summed E-state index contributed by atoms with van der Waals surface area (Å²) in [4.78, 5) is 10.7. The summed E-state index contributed by atoms with van der Waals surface area (Å²) in [7, 11) is 2.72. The highest BCUT2D eigenvalue weighted by Gasteiger charge is 2.18. The van der Waals surface area contributed by atoms with Gasteiger partial charge in [-0.2, -0.15) is 0 Å². The fourth-order valence-corrected chi connectivity index (χ4v) is 0.627. The van der Waals surface area contributed by atoms with Crippen LogP contribution in [0.15, 0.2) is 12.7 Å². The van der Waals surface area contributed by atoms with Gasteiger partial charge in [-0.05, 0) is 6.08 Å². The summed E-state index contributed by atoms with van der Waals surface area (Å²) in [5.74, 6) is -0.485. The van der Waals surface area contributed by atoms with Crippen LogP contribution in [0.5, 0.6) is 0 Å². The standard InChI is InChI=1S/C7H13NO4/c1-4-5(9)8-6(10)7(11-2)12-3/h4,6-7,10H,1H2,2-3H3,(H,8,9). The first-order chi connectivity index (χ1) is 5.65. The molecule has 0 aliphatic heterocycles. The number of ether oxygens (including phenoxy) is 2. The van der Waals surface area contributed by atoms with Gasteiger partial charge in [0, 0.05) is 14.2 Å². The van der Waals surface area contributed by atoms with Gasteiger partial charge in [0.15, 0.2) is 6.23 Å². The Labute approximate surface area is 71.0 Å². The van der Waals surface area contributed by atoms with E-state index in [9.17, 15) is 9.90 Å². The highest BCUT2D eigenvalue weighted by atomic mass is 16.7. The first kappa shape index (κ1) is 11.1. The minimum Gasteiger partial charge on any atom is -0.369 e. The number of rotatable bonds is 5. The Bertz CT molecular complexity index is 155. The molecule has 12 heavy (non-hydrogen) atoms. The van der Waals surface area contributed by atoms with Crippen molar-refractivity contribution in [2.45, 2.75) is 12.5 Å². The number of amides is 1. The highest BCUT2D eigenvalue weighted by Crippen LogP contribution is 1.95. The fraction of sp³-hybridized carbons (Fsp3) is 0.571. The molecule has 1 unspecified atom stereocenters. The van der Waals surface area contributed by atoms with Crippen molar-refractivity contribution in [2.24, 2.45) is 0 Å². The molecule has 5 heteroatoms. The summed E-state index contributed by atoms with van der Waals surface area (Å²) in [5, 5.41) is 11.4. The van der Waals surface area contributed by atoms with E-state index in [0.717, 1.165) is 6.08 Å². The monoisotopic (exact) mass is 175 g/mol. The largest absolute Gasteiger partial charge is 0.369 e. The summed E-state index contributed by atoms with van der Waals surface area (Å²) >= 11 is 0. The molecule has 0 aromatic heterocycles. The third-order valence-corrected chi connectivity index (χ3v) is 1.20. The van der Waals surface area contributed by atoms with Crippen LogP contribution in [0.1, 0.15) is 0 Å². The quantitative estimate of drug-likeness (QED) is 0.425. The molecule has 0 aromatic rings. The Morgan fingerprint density at radius 1 is 1.58 bits per heavy atom. The Morgan fingerprint density at radius 2 is 2.08 bits per heavy atom. The summed E-state index contributed by atoms with van der Waals surface area (Å²) in [6, 6.07) is 0. The van der Waals surface area contributed by atoms with Crippen molar-refractivity contribution in [1.29, 1.82) is 0 Å². The molecule has 0 radical (unpaired) electrons. The van der Waals surface area contributed by atoms with Crippen LogP contribution in [0.25, 0.3) is 0 Å². The van der Waals surface area contributed by atoms with Crippen LogP contribution in [0.2, 0.25) is 0 Å². The number of aliphatic hydroxyl groups excluding tert-OH is 1. The zero-order valence-electron chi connectivity index (χ0n) is 7.11.